The van der Waals surface area contributed by atoms with E-state index < -0.39 is 12.5 Å². The Morgan fingerprint density at radius 3 is 2.56 bits per heavy atom. The second-order valence-electron chi connectivity index (χ2n) is 8.33. The van der Waals surface area contributed by atoms with Gasteiger partial charge in [0.2, 0.25) is 0 Å². The summed E-state index contributed by atoms with van der Waals surface area (Å²) in [4.78, 5) is 23.6. The molecule has 0 saturated carbocycles. The lowest BCUT2D eigenvalue weighted by atomic mass is 9.99. The predicted molar refractivity (Wildman–Crippen MR) is 125 cm³/mol. The third-order valence-corrected chi connectivity index (χ3v) is 5.91. The number of amides is 2. The Labute approximate surface area is 204 Å². The average molecular weight is 503 g/mol. The molecule has 2 amide bonds. The number of fused-ring (bicyclic) bond motifs is 1. The predicted octanol–water partition coefficient (Wildman–Crippen LogP) is 4.55. The first kappa shape index (κ1) is 25.1. The monoisotopic (exact) mass is 503 g/mol. The Morgan fingerprint density at radius 1 is 1.14 bits per heavy atom. The minimum absolute atomic E-state index is 0.155. The molecule has 2 heterocycles. The maximum atomic E-state index is 12.8. The Bertz CT molecular complexity index is 1250. The molecule has 4 N–H and O–H groups in total. The molecule has 1 atom stereocenters. The maximum absolute atomic E-state index is 12.8. The number of carbonyl (C=O) groups excluding carboxylic acids is 1. The van der Waals surface area contributed by atoms with Gasteiger partial charge in [0.25, 0.3) is 5.91 Å². The molecule has 0 spiro atoms. The van der Waals surface area contributed by atoms with Gasteiger partial charge >= 0.3 is 12.5 Å². The Morgan fingerprint density at radius 2 is 1.89 bits per heavy atom. The average Bonchev–Trinajstić information content (AvgIpc) is 3.24. The summed E-state index contributed by atoms with van der Waals surface area (Å²) in [7, 11) is 0. The third-order valence-electron chi connectivity index (χ3n) is 5.91. The highest BCUT2D eigenvalue weighted by atomic mass is 19.4. The van der Waals surface area contributed by atoms with Crippen LogP contribution in [-0.4, -0.2) is 46.2 Å². The molecular weight excluding hydrogens is 479 g/mol. The molecule has 11 heteroatoms. The van der Waals surface area contributed by atoms with Crippen molar-refractivity contribution < 1.29 is 37.7 Å². The summed E-state index contributed by atoms with van der Waals surface area (Å²) >= 11 is 0. The van der Waals surface area contributed by atoms with Crippen LogP contribution in [0, 0.1) is 0 Å². The number of hydrogen-bond acceptors (Lipinski definition) is 4. The zero-order valence-electron chi connectivity index (χ0n) is 19.0. The first-order valence-electron chi connectivity index (χ1n) is 11.2. The van der Waals surface area contributed by atoms with Gasteiger partial charge in [-0.2, -0.15) is 0 Å². The Balaban J connectivity index is 1.82. The maximum Gasteiger partial charge on any atom is 0.573 e. The molecular formula is C25H24F3N3O5. The van der Waals surface area contributed by atoms with Gasteiger partial charge < -0.3 is 30.2 Å². The van der Waals surface area contributed by atoms with Gasteiger partial charge in [0.1, 0.15) is 11.4 Å². The molecule has 1 aliphatic heterocycles. The number of nitrogens with zero attached hydrogens (tertiary/aromatic N) is 1. The standard InChI is InChI=1S/C25H24F3N3O5/c26-25(27,28)36-19-5-1-3-17(11-19)20-12-21-23(33)30-13-18(4-2-10-29-24(34)35)31(21)22(20)16-8-6-15(14-32)7-9-16/h1,3,5-9,11-12,18,29,32H,2,4,10,13-14H2,(H,30,33)(H,34,35)/t18-/m0/s1. The summed E-state index contributed by atoms with van der Waals surface area (Å²) in [5.74, 6) is -0.705. The fourth-order valence-corrected chi connectivity index (χ4v) is 4.38. The SMILES string of the molecule is O=C(O)NCCC[C@H]1CNC(=O)c2cc(-c3cccc(OC(F)(F)F)c3)c(-c3ccc(CO)cc3)n21. The molecule has 0 saturated heterocycles. The minimum atomic E-state index is -4.85. The highest BCUT2D eigenvalue weighted by Gasteiger charge is 2.33. The van der Waals surface area contributed by atoms with Crippen LogP contribution in [0.25, 0.3) is 22.4 Å². The molecule has 0 bridgehead atoms. The summed E-state index contributed by atoms with van der Waals surface area (Å²) in [5, 5.41) is 23.4. The number of nitrogens with one attached hydrogen (secondary N) is 2. The molecule has 0 aliphatic carbocycles. The zero-order chi connectivity index (χ0) is 25.9. The molecule has 0 unspecified atom stereocenters. The quantitative estimate of drug-likeness (QED) is 0.337. The lowest BCUT2D eigenvalue weighted by Crippen LogP contribution is -2.39. The molecule has 1 aromatic heterocycles. The number of carbonyl (C=O) groups is 2. The van der Waals surface area contributed by atoms with Crippen molar-refractivity contribution in [3.8, 4) is 28.1 Å². The molecule has 4 rings (SSSR count). The van der Waals surface area contributed by atoms with Gasteiger partial charge in [-0.15, -0.1) is 13.2 Å². The van der Waals surface area contributed by atoms with Crippen molar-refractivity contribution in [3.63, 3.8) is 0 Å². The second-order valence-corrected chi connectivity index (χ2v) is 8.33. The van der Waals surface area contributed by atoms with E-state index >= 15 is 0 Å². The minimum Gasteiger partial charge on any atom is -0.465 e. The topological polar surface area (TPSA) is 113 Å². The second kappa shape index (κ2) is 10.3. The third kappa shape index (κ3) is 5.62. The van der Waals surface area contributed by atoms with E-state index in [1.807, 2.05) is 4.57 Å². The molecule has 1 aliphatic rings. The number of aliphatic hydroxyl groups excluding tert-OH is 1. The summed E-state index contributed by atoms with van der Waals surface area (Å²) in [6.07, 6.45) is -4.92. The number of carboxylic acid groups (broad SMARTS) is 1. The van der Waals surface area contributed by atoms with Gasteiger partial charge in [0.15, 0.2) is 0 Å². The fourth-order valence-electron chi connectivity index (χ4n) is 4.38. The van der Waals surface area contributed by atoms with Crippen LogP contribution in [0.3, 0.4) is 0 Å². The molecule has 190 valence electrons. The molecule has 2 aromatic carbocycles. The number of aliphatic hydroxyl groups is 1. The van der Waals surface area contributed by atoms with E-state index in [1.54, 1.807) is 36.4 Å². The number of ether oxygens (including phenoxy) is 1. The highest BCUT2D eigenvalue weighted by molar-refractivity contribution is 5.98. The van der Waals surface area contributed by atoms with E-state index in [0.717, 1.165) is 0 Å². The van der Waals surface area contributed by atoms with E-state index in [2.05, 4.69) is 15.4 Å². The van der Waals surface area contributed by atoms with Crippen molar-refractivity contribution in [2.24, 2.45) is 0 Å². The Kier molecular flexibility index (Phi) is 7.20. The van der Waals surface area contributed by atoms with Crippen LogP contribution in [0.2, 0.25) is 0 Å². The van der Waals surface area contributed by atoms with Crippen LogP contribution in [-0.2, 0) is 6.61 Å². The first-order valence-corrected chi connectivity index (χ1v) is 11.2. The van der Waals surface area contributed by atoms with Crippen molar-refractivity contribution in [1.82, 2.24) is 15.2 Å². The molecule has 36 heavy (non-hydrogen) atoms. The molecule has 3 aromatic rings. The van der Waals surface area contributed by atoms with Crippen LogP contribution >= 0.6 is 0 Å². The molecule has 0 fully saturated rings. The van der Waals surface area contributed by atoms with E-state index in [4.69, 9.17) is 5.11 Å². The van der Waals surface area contributed by atoms with Crippen LogP contribution in [0.15, 0.2) is 54.6 Å². The van der Waals surface area contributed by atoms with E-state index in [0.29, 0.717) is 53.0 Å². The van der Waals surface area contributed by atoms with Gasteiger partial charge in [-0.3, -0.25) is 4.79 Å². The van der Waals surface area contributed by atoms with Gasteiger partial charge in [0.05, 0.1) is 18.3 Å². The van der Waals surface area contributed by atoms with Gasteiger partial charge in [-0.05, 0) is 47.7 Å². The zero-order valence-corrected chi connectivity index (χ0v) is 19.0. The van der Waals surface area contributed by atoms with Crippen LogP contribution in [0.4, 0.5) is 18.0 Å². The summed E-state index contributed by atoms with van der Waals surface area (Å²) in [5.41, 5.74) is 3.33. The van der Waals surface area contributed by atoms with Crippen molar-refractivity contribution in [2.45, 2.75) is 31.9 Å². The highest BCUT2D eigenvalue weighted by Crippen LogP contribution is 2.41. The van der Waals surface area contributed by atoms with E-state index in [1.165, 1.54) is 18.2 Å². The van der Waals surface area contributed by atoms with Crippen LogP contribution in [0.5, 0.6) is 5.75 Å². The van der Waals surface area contributed by atoms with Gasteiger partial charge in [-0.25, -0.2) is 4.79 Å². The lowest BCUT2D eigenvalue weighted by Gasteiger charge is -2.29. The number of alkyl halides is 3. The number of hydrogen-bond donors (Lipinski definition) is 4. The number of halogens is 3. The van der Waals surface area contributed by atoms with Crippen LogP contribution in [0.1, 0.15) is 34.9 Å². The normalized spacial score (nSPS) is 15.2. The summed E-state index contributed by atoms with van der Waals surface area (Å²) in [6.45, 7) is 0.393. The number of aromatic nitrogens is 1. The summed E-state index contributed by atoms with van der Waals surface area (Å²) < 4.78 is 44.5. The van der Waals surface area contributed by atoms with Crippen molar-refractivity contribution in [1.29, 1.82) is 0 Å². The van der Waals surface area contributed by atoms with E-state index in [-0.39, 0.29) is 30.9 Å². The van der Waals surface area contributed by atoms with Crippen LogP contribution < -0.4 is 15.4 Å². The largest absolute Gasteiger partial charge is 0.573 e. The molecule has 0 radical (unpaired) electrons. The number of benzene rings is 2. The lowest BCUT2D eigenvalue weighted by molar-refractivity contribution is -0.274. The smallest absolute Gasteiger partial charge is 0.465 e. The van der Waals surface area contributed by atoms with E-state index in [9.17, 15) is 27.9 Å². The first-order chi connectivity index (χ1) is 17.2. The number of rotatable bonds is 8. The van der Waals surface area contributed by atoms with Gasteiger partial charge in [0, 0.05) is 18.7 Å². The summed E-state index contributed by atoms with van der Waals surface area (Å²) in [6, 6.07) is 14.0. The van der Waals surface area contributed by atoms with Crippen molar-refractivity contribution >= 4 is 12.0 Å². The fraction of sp³-hybridized carbons (Fsp3) is 0.280. The van der Waals surface area contributed by atoms with Crippen molar-refractivity contribution in [3.05, 3.63) is 65.9 Å². The molecule has 8 nitrogen and oxygen atoms in total. The van der Waals surface area contributed by atoms with Gasteiger partial charge in [-0.1, -0.05) is 36.4 Å². The Hall–Kier alpha value is -3.99. The van der Waals surface area contributed by atoms with Crippen molar-refractivity contribution in [2.75, 3.05) is 13.1 Å².